The fourth-order valence-electron chi connectivity index (χ4n) is 3.31. The van der Waals surface area contributed by atoms with Crippen LogP contribution >= 0.6 is 11.6 Å². The average Bonchev–Trinajstić information content (AvgIpc) is 3.20. The van der Waals surface area contributed by atoms with Crippen LogP contribution in [-0.2, 0) is 6.42 Å². The second-order valence-electron chi connectivity index (χ2n) is 6.35. The van der Waals surface area contributed by atoms with E-state index in [9.17, 15) is 4.79 Å². The summed E-state index contributed by atoms with van der Waals surface area (Å²) in [6, 6.07) is 3.57. The van der Waals surface area contributed by atoms with E-state index in [0.717, 1.165) is 37.1 Å². The number of carbonyl (C=O) groups excluding carboxylic acids is 1. The van der Waals surface area contributed by atoms with Gasteiger partial charge in [-0.2, -0.15) is 0 Å². The fraction of sp³-hybridized carbons (Fsp3) is 0.556. The third-order valence-electron chi connectivity index (χ3n) is 4.60. The number of fused-ring (bicyclic) bond motifs is 1. The lowest BCUT2D eigenvalue weighted by atomic mass is 10.2. The van der Waals surface area contributed by atoms with Gasteiger partial charge in [-0.15, -0.1) is 0 Å². The fourth-order valence-corrected chi connectivity index (χ4v) is 3.46. The van der Waals surface area contributed by atoms with E-state index < -0.39 is 0 Å². The predicted molar refractivity (Wildman–Crippen MR) is 96.8 cm³/mol. The number of halogens is 1. The molecule has 2 aromatic heterocycles. The summed E-state index contributed by atoms with van der Waals surface area (Å²) in [5.74, 6) is -0.0529. The molecule has 24 heavy (non-hydrogen) atoms. The van der Waals surface area contributed by atoms with E-state index in [0.29, 0.717) is 17.3 Å². The van der Waals surface area contributed by atoms with Gasteiger partial charge in [-0.05, 0) is 57.8 Å². The SMILES string of the molecule is CCc1nc2cc(Cl)ccn2c1C(=O)NCCCCN1CCCC1. The largest absolute Gasteiger partial charge is 0.351 e. The second-order valence-corrected chi connectivity index (χ2v) is 6.78. The molecule has 3 heterocycles. The van der Waals surface area contributed by atoms with Crippen LogP contribution in [0.25, 0.3) is 5.65 Å². The van der Waals surface area contributed by atoms with Crippen molar-refractivity contribution >= 4 is 23.2 Å². The Morgan fingerprint density at radius 1 is 1.33 bits per heavy atom. The third-order valence-corrected chi connectivity index (χ3v) is 4.83. The summed E-state index contributed by atoms with van der Waals surface area (Å²) >= 11 is 6.02. The van der Waals surface area contributed by atoms with Gasteiger partial charge < -0.3 is 10.2 Å². The number of hydrogen-bond acceptors (Lipinski definition) is 3. The molecule has 3 rings (SSSR count). The van der Waals surface area contributed by atoms with Gasteiger partial charge in [0.1, 0.15) is 11.3 Å². The molecule has 0 saturated carbocycles. The topological polar surface area (TPSA) is 49.6 Å². The average molecular weight is 349 g/mol. The van der Waals surface area contributed by atoms with Crippen molar-refractivity contribution in [3.8, 4) is 0 Å². The summed E-state index contributed by atoms with van der Waals surface area (Å²) in [5.41, 5.74) is 2.16. The zero-order valence-corrected chi connectivity index (χ0v) is 15.0. The molecule has 5 nitrogen and oxygen atoms in total. The van der Waals surface area contributed by atoms with Crippen LogP contribution in [0.1, 0.15) is 48.8 Å². The van der Waals surface area contributed by atoms with Gasteiger partial charge in [0.05, 0.1) is 5.69 Å². The third kappa shape index (κ3) is 3.90. The number of hydrogen-bond donors (Lipinski definition) is 1. The van der Waals surface area contributed by atoms with Crippen LogP contribution in [0.3, 0.4) is 0 Å². The van der Waals surface area contributed by atoms with Gasteiger partial charge in [-0.1, -0.05) is 18.5 Å². The molecule has 0 bridgehead atoms. The highest BCUT2D eigenvalue weighted by atomic mass is 35.5. The minimum atomic E-state index is -0.0529. The zero-order chi connectivity index (χ0) is 16.9. The van der Waals surface area contributed by atoms with E-state index in [1.165, 1.54) is 25.9 Å². The number of amides is 1. The van der Waals surface area contributed by atoms with Gasteiger partial charge in [-0.3, -0.25) is 9.20 Å². The normalized spacial score (nSPS) is 15.2. The Morgan fingerprint density at radius 2 is 2.12 bits per heavy atom. The second kappa shape index (κ2) is 7.99. The lowest BCUT2D eigenvalue weighted by Gasteiger charge is -2.14. The number of rotatable bonds is 7. The molecular formula is C18H25ClN4O. The van der Waals surface area contributed by atoms with E-state index >= 15 is 0 Å². The first-order chi connectivity index (χ1) is 11.7. The molecule has 0 spiro atoms. The number of unbranched alkanes of at least 4 members (excludes halogenated alkanes) is 1. The number of nitrogens with zero attached hydrogens (tertiary/aromatic N) is 3. The standard InChI is InChI=1S/C18H25ClN4O/c1-2-15-17(23-12-7-14(19)13-16(23)21-15)18(24)20-8-3-4-9-22-10-5-6-11-22/h7,12-13H,2-6,8-11H2,1H3,(H,20,24). The first-order valence-electron chi connectivity index (χ1n) is 8.86. The Kier molecular flexibility index (Phi) is 5.74. The van der Waals surface area contributed by atoms with Crippen molar-refractivity contribution in [3.05, 3.63) is 34.7 Å². The number of aromatic nitrogens is 2. The lowest BCUT2D eigenvalue weighted by Crippen LogP contribution is -2.27. The summed E-state index contributed by atoms with van der Waals surface area (Å²) in [4.78, 5) is 19.6. The Hall–Kier alpha value is -1.59. The van der Waals surface area contributed by atoms with Crippen molar-refractivity contribution in [3.63, 3.8) is 0 Å². The van der Waals surface area contributed by atoms with Crippen LogP contribution in [0.15, 0.2) is 18.3 Å². The number of nitrogens with one attached hydrogen (secondary N) is 1. The van der Waals surface area contributed by atoms with Crippen LogP contribution in [0.5, 0.6) is 0 Å². The Balaban J connectivity index is 1.57. The summed E-state index contributed by atoms with van der Waals surface area (Å²) in [6.07, 6.45) is 7.32. The molecule has 1 fully saturated rings. The molecular weight excluding hydrogens is 324 g/mol. The van der Waals surface area contributed by atoms with E-state index in [1.54, 1.807) is 12.1 Å². The van der Waals surface area contributed by atoms with Gasteiger partial charge in [0.2, 0.25) is 0 Å². The van der Waals surface area contributed by atoms with Crippen LogP contribution in [0, 0.1) is 0 Å². The van der Waals surface area contributed by atoms with Gasteiger partial charge in [0.15, 0.2) is 0 Å². The van der Waals surface area contributed by atoms with Gasteiger partial charge in [-0.25, -0.2) is 4.98 Å². The smallest absolute Gasteiger partial charge is 0.270 e. The molecule has 0 radical (unpaired) electrons. The maximum absolute atomic E-state index is 12.6. The van der Waals surface area contributed by atoms with E-state index in [-0.39, 0.29) is 5.91 Å². The highest BCUT2D eigenvalue weighted by Gasteiger charge is 2.18. The number of aryl methyl sites for hydroxylation is 1. The van der Waals surface area contributed by atoms with Crippen LogP contribution in [0.2, 0.25) is 5.02 Å². The molecule has 1 amide bonds. The summed E-state index contributed by atoms with van der Waals surface area (Å²) < 4.78 is 1.82. The predicted octanol–water partition coefficient (Wildman–Crippen LogP) is 3.16. The van der Waals surface area contributed by atoms with Crippen molar-refractivity contribution in [2.24, 2.45) is 0 Å². The molecule has 1 saturated heterocycles. The van der Waals surface area contributed by atoms with Crippen molar-refractivity contribution in [1.82, 2.24) is 19.6 Å². The maximum atomic E-state index is 12.6. The van der Waals surface area contributed by atoms with Gasteiger partial charge >= 0.3 is 0 Å². The number of pyridine rings is 1. The van der Waals surface area contributed by atoms with Gasteiger partial charge in [0.25, 0.3) is 5.91 Å². The molecule has 1 N–H and O–H groups in total. The molecule has 0 atom stereocenters. The van der Waals surface area contributed by atoms with Crippen LogP contribution in [-0.4, -0.2) is 46.4 Å². The number of imidazole rings is 1. The summed E-state index contributed by atoms with van der Waals surface area (Å²) in [6.45, 7) is 6.32. The number of likely N-dealkylation sites (tertiary alicyclic amines) is 1. The van der Waals surface area contributed by atoms with Crippen molar-refractivity contribution in [2.75, 3.05) is 26.2 Å². The quantitative estimate of drug-likeness (QED) is 0.782. The molecule has 6 heteroatoms. The summed E-state index contributed by atoms with van der Waals surface area (Å²) in [5, 5.41) is 3.67. The molecule has 1 aliphatic rings. The first kappa shape index (κ1) is 17.2. The Morgan fingerprint density at radius 3 is 2.88 bits per heavy atom. The molecule has 1 aliphatic heterocycles. The summed E-state index contributed by atoms with van der Waals surface area (Å²) in [7, 11) is 0. The minimum Gasteiger partial charge on any atom is -0.351 e. The monoisotopic (exact) mass is 348 g/mol. The highest BCUT2D eigenvalue weighted by molar-refractivity contribution is 6.30. The molecule has 130 valence electrons. The molecule has 0 unspecified atom stereocenters. The van der Waals surface area contributed by atoms with E-state index in [4.69, 9.17) is 11.6 Å². The van der Waals surface area contributed by atoms with Crippen molar-refractivity contribution < 1.29 is 4.79 Å². The number of carbonyl (C=O) groups is 1. The zero-order valence-electron chi connectivity index (χ0n) is 14.2. The van der Waals surface area contributed by atoms with Crippen molar-refractivity contribution in [1.29, 1.82) is 0 Å². The molecule has 0 aliphatic carbocycles. The maximum Gasteiger partial charge on any atom is 0.270 e. The Bertz CT molecular complexity index is 706. The Labute approximate surface area is 148 Å². The van der Waals surface area contributed by atoms with E-state index in [1.807, 2.05) is 17.5 Å². The van der Waals surface area contributed by atoms with Crippen molar-refractivity contribution in [2.45, 2.75) is 39.0 Å². The van der Waals surface area contributed by atoms with E-state index in [2.05, 4.69) is 15.2 Å². The highest BCUT2D eigenvalue weighted by Crippen LogP contribution is 2.17. The van der Waals surface area contributed by atoms with Crippen LogP contribution in [0.4, 0.5) is 0 Å². The van der Waals surface area contributed by atoms with Gasteiger partial charge in [0, 0.05) is 23.8 Å². The van der Waals surface area contributed by atoms with Crippen LogP contribution < -0.4 is 5.32 Å². The lowest BCUT2D eigenvalue weighted by molar-refractivity contribution is 0.0946. The molecule has 0 aromatic carbocycles. The minimum absolute atomic E-state index is 0.0529. The first-order valence-corrected chi connectivity index (χ1v) is 9.24. The molecule has 2 aromatic rings.